The Kier molecular flexibility index (Phi) is 10.7. The molecule has 1 aliphatic rings. The molecular weight excluding hydrogens is 422 g/mol. The molecule has 0 aromatic heterocycles. The third-order valence-corrected chi connectivity index (χ3v) is 5.24. The van der Waals surface area contributed by atoms with Gasteiger partial charge in [-0.15, -0.1) is 0 Å². The minimum absolute atomic E-state index is 0.156. The lowest BCUT2D eigenvalue weighted by Crippen LogP contribution is -2.60. The first-order chi connectivity index (χ1) is 12.9. The first kappa shape index (κ1) is 26.1. The number of ether oxygens (including phenoxy) is 2. The Labute approximate surface area is 163 Å². The fraction of sp³-hybridized carbons (Fsp3) is 1.00. The van der Waals surface area contributed by atoms with Crippen LogP contribution in [0.1, 0.15) is 39.5 Å². The van der Waals surface area contributed by atoms with Gasteiger partial charge in [0.15, 0.2) is 6.29 Å². The molecule has 0 radical (unpaired) electrons. The molecule has 0 aromatic rings. The van der Waals surface area contributed by atoms with Gasteiger partial charge in [-0.05, 0) is 18.8 Å². The van der Waals surface area contributed by atoms with Crippen molar-refractivity contribution in [3.05, 3.63) is 0 Å². The smallest absolute Gasteiger partial charge is 0.394 e. The van der Waals surface area contributed by atoms with Crippen LogP contribution in [0.5, 0.6) is 0 Å². The molecule has 0 aromatic carbocycles. The second kappa shape index (κ2) is 11.5. The van der Waals surface area contributed by atoms with Gasteiger partial charge < -0.3 is 39.3 Å². The number of hydrogen-bond donors (Lipinski definition) is 6. The van der Waals surface area contributed by atoms with Crippen LogP contribution in [0.3, 0.4) is 0 Å². The maximum absolute atomic E-state index is 11.3. The van der Waals surface area contributed by atoms with Gasteiger partial charge in [-0.3, -0.25) is 9.05 Å². The summed E-state index contributed by atoms with van der Waals surface area (Å²) in [5.41, 5.74) is 0. The van der Waals surface area contributed by atoms with Crippen molar-refractivity contribution in [3.8, 4) is 0 Å². The summed E-state index contributed by atoms with van der Waals surface area (Å²) < 4.78 is 42.3. The van der Waals surface area contributed by atoms with Crippen LogP contribution in [-0.2, 0) is 27.7 Å². The lowest BCUT2D eigenvalue weighted by molar-refractivity contribution is -0.298. The summed E-state index contributed by atoms with van der Waals surface area (Å²) in [7, 11) is -10.3. The number of aliphatic hydroxyl groups excluding tert-OH is 2. The molecule has 168 valence electrons. The Bertz CT molecular complexity index is 542. The van der Waals surface area contributed by atoms with Crippen LogP contribution in [0, 0.1) is 5.92 Å². The van der Waals surface area contributed by atoms with Gasteiger partial charge >= 0.3 is 15.6 Å². The molecule has 1 rings (SSSR count). The van der Waals surface area contributed by atoms with Crippen LogP contribution >= 0.6 is 15.6 Å². The van der Waals surface area contributed by atoms with Crippen LogP contribution in [-0.4, -0.2) is 73.7 Å². The third-order valence-electron chi connectivity index (χ3n) is 4.20. The maximum atomic E-state index is 11.3. The zero-order valence-corrected chi connectivity index (χ0v) is 17.5. The summed E-state index contributed by atoms with van der Waals surface area (Å²) in [5, 5.41) is 19.9. The molecule has 14 heteroatoms. The largest absolute Gasteiger partial charge is 0.470 e. The quantitative estimate of drug-likeness (QED) is 0.222. The van der Waals surface area contributed by atoms with Crippen LogP contribution < -0.4 is 0 Å². The Balaban J connectivity index is 3.00. The second-order valence-corrected chi connectivity index (χ2v) is 9.00. The van der Waals surface area contributed by atoms with E-state index in [1.807, 2.05) is 13.8 Å². The van der Waals surface area contributed by atoms with Crippen molar-refractivity contribution in [1.82, 2.24) is 0 Å². The van der Waals surface area contributed by atoms with Crippen LogP contribution in [0.25, 0.3) is 0 Å². The van der Waals surface area contributed by atoms with Gasteiger partial charge in [-0.25, -0.2) is 9.13 Å². The summed E-state index contributed by atoms with van der Waals surface area (Å²) >= 11 is 0. The van der Waals surface area contributed by atoms with Gasteiger partial charge in [-0.1, -0.05) is 26.7 Å². The molecule has 0 unspecified atom stereocenters. The van der Waals surface area contributed by atoms with Crippen molar-refractivity contribution < 1.29 is 57.4 Å². The van der Waals surface area contributed by atoms with Gasteiger partial charge in [0.1, 0.15) is 24.4 Å². The highest BCUT2D eigenvalue weighted by Crippen LogP contribution is 2.46. The van der Waals surface area contributed by atoms with Crippen LogP contribution in [0.4, 0.5) is 0 Å². The molecule has 0 amide bonds. The molecule has 0 bridgehead atoms. The van der Waals surface area contributed by atoms with E-state index in [0.29, 0.717) is 0 Å². The molecule has 12 nitrogen and oxygen atoms in total. The Morgan fingerprint density at radius 1 is 0.964 bits per heavy atom. The molecule has 0 spiro atoms. The average molecular weight is 452 g/mol. The van der Waals surface area contributed by atoms with E-state index in [-0.39, 0.29) is 12.5 Å². The number of aliphatic hydroxyl groups is 2. The van der Waals surface area contributed by atoms with E-state index in [2.05, 4.69) is 9.05 Å². The zero-order valence-electron chi connectivity index (χ0n) is 15.7. The predicted octanol–water partition coefficient (Wildman–Crippen LogP) is 0.253. The van der Waals surface area contributed by atoms with Gasteiger partial charge in [0, 0.05) is 0 Å². The van der Waals surface area contributed by atoms with E-state index in [1.54, 1.807) is 0 Å². The highest BCUT2D eigenvalue weighted by molar-refractivity contribution is 7.46. The summed E-state index contributed by atoms with van der Waals surface area (Å²) in [5.74, 6) is 0.156. The summed E-state index contributed by atoms with van der Waals surface area (Å²) in [4.78, 5) is 36.3. The lowest BCUT2D eigenvalue weighted by atomic mass is 9.98. The molecule has 1 heterocycles. The van der Waals surface area contributed by atoms with Crippen molar-refractivity contribution >= 4 is 15.6 Å². The summed E-state index contributed by atoms with van der Waals surface area (Å²) in [6, 6.07) is 0. The number of phosphoric acid groups is 2. The normalized spacial score (nSPS) is 29.4. The number of hydrogen-bond acceptors (Lipinski definition) is 8. The van der Waals surface area contributed by atoms with Crippen molar-refractivity contribution in [3.63, 3.8) is 0 Å². The molecular formula is C14H30O12P2. The number of rotatable bonds is 12. The van der Waals surface area contributed by atoms with E-state index in [0.717, 1.165) is 25.7 Å². The minimum atomic E-state index is -5.18. The third kappa shape index (κ3) is 8.83. The molecule has 1 saturated heterocycles. The van der Waals surface area contributed by atoms with Gasteiger partial charge in [0.05, 0.1) is 13.2 Å². The van der Waals surface area contributed by atoms with Crippen LogP contribution in [0.2, 0.25) is 0 Å². The topological polar surface area (TPSA) is 192 Å². The fourth-order valence-electron chi connectivity index (χ4n) is 3.10. The van der Waals surface area contributed by atoms with E-state index < -0.39 is 53.0 Å². The highest BCUT2D eigenvalue weighted by atomic mass is 31.2. The molecule has 5 atom stereocenters. The Hall–Kier alpha value is 0.0600. The van der Waals surface area contributed by atoms with Crippen LogP contribution in [0.15, 0.2) is 0 Å². The van der Waals surface area contributed by atoms with Crippen molar-refractivity contribution in [1.29, 1.82) is 0 Å². The van der Waals surface area contributed by atoms with E-state index in [9.17, 15) is 19.3 Å². The predicted molar refractivity (Wildman–Crippen MR) is 94.8 cm³/mol. The van der Waals surface area contributed by atoms with Gasteiger partial charge in [0.2, 0.25) is 0 Å². The molecule has 28 heavy (non-hydrogen) atoms. The Morgan fingerprint density at radius 2 is 1.46 bits per heavy atom. The first-order valence-corrected chi connectivity index (χ1v) is 12.0. The standard InChI is InChI=1S/C14H30O12P2/c1-3-5-9(6-4-2)8-23-14-11(16)13(26-28(20,21)22)12(10(7-15)24-14)25-27(17,18)19/h9-16H,3-8H2,1-2H3,(H2,17,18,19)(H2,20,21,22)/t10-,11-,12+,13-,14-/m1/s1. The highest BCUT2D eigenvalue weighted by Gasteiger charge is 2.51. The minimum Gasteiger partial charge on any atom is -0.394 e. The number of phosphoric ester groups is 2. The molecule has 0 aliphatic carbocycles. The van der Waals surface area contributed by atoms with Crippen molar-refractivity contribution in [2.75, 3.05) is 13.2 Å². The van der Waals surface area contributed by atoms with Crippen molar-refractivity contribution in [2.24, 2.45) is 5.92 Å². The zero-order chi connectivity index (χ0) is 21.5. The lowest BCUT2D eigenvalue weighted by Gasteiger charge is -2.43. The molecule has 1 fully saturated rings. The van der Waals surface area contributed by atoms with E-state index in [1.165, 1.54) is 0 Å². The maximum Gasteiger partial charge on any atom is 0.470 e. The SMILES string of the molecule is CCCC(CCC)CO[C@@H]1O[C@H](CO)[C@H](OP(=O)(O)O)[C@H](OP(=O)(O)O)[C@H]1O. The summed E-state index contributed by atoms with van der Waals surface area (Å²) in [6.07, 6.45) is -4.99. The van der Waals surface area contributed by atoms with Gasteiger partial charge in [0.25, 0.3) is 0 Å². The average Bonchev–Trinajstić information content (AvgIpc) is 2.55. The molecule has 0 saturated carbocycles. The Morgan fingerprint density at radius 3 is 1.89 bits per heavy atom. The van der Waals surface area contributed by atoms with Gasteiger partial charge in [-0.2, -0.15) is 0 Å². The molecule has 6 N–H and O–H groups in total. The van der Waals surface area contributed by atoms with Crippen molar-refractivity contribution in [2.45, 2.75) is 70.2 Å². The second-order valence-electron chi connectivity index (χ2n) is 6.61. The van der Waals surface area contributed by atoms with E-state index >= 15 is 0 Å². The molecule has 1 aliphatic heterocycles. The fourth-order valence-corrected chi connectivity index (χ4v) is 4.24. The summed E-state index contributed by atoms with van der Waals surface area (Å²) in [6.45, 7) is 3.36. The first-order valence-electron chi connectivity index (χ1n) is 8.95. The van der Waals surface area contributed by atoms with E-state index in [4.69, 9.17) is 29.0 Å². The monoisotopic (exact) mass is 452 g/mol.